The maximum absolute atomic E-state index is 14.9. The quantitative estimate of drug-likeness (QED) is 0.158. The molecule has 3 heterocycles. The number of fused-ring (bicyclic) bond motifs is 1. The van der Waals surface area contributed by atoms with Gasteiger partial charge in [-0.05, 0) is 37.3 Å². The largest absolute Gasteiger partial charge is 0.435 e. The molecule has 0 aliphatic carbocycles. The zero-order valence-corrected chi connectivity index (χ0v) is 23.8. The van der Waals surface area contributed by atoms with Crippen molar-refractivity contribution >= 4 is 17.7 Å². The molecular formula is C28H35FN4O10. The van der Waals surface area contributed by atoms with Crippen molar-refractivity contribution in [3.8, 4) is 5.75 Å². The molecule has 5 rings (SSSR count). The Labute approximate surface area is 246 Å². The number of morpholine rings is 1. The van der Waals surface area contributed by atoms with Gasteiger partial charge in [-0.3, -0.25) is 24.6 Å². The first-order valence-corrected chi connectivity index (χ1v) is 13.7. The molecule has 3 aliphatic rings. The third-order valence-electron chi connectivity index (χ3n) is 7.56. The highest BCUT2D eigenvalue weighted by Crippen LogP contribution is 2.47. The molecule has 2 aromatic rings. The van der Waals surface area contributed by atoms with Crippen LogP contribution < -0.4 is 15.8 Å². The van der Waals surface area contributed by atoms with Crippen LogP contribution in [-0.4, -0.2) is 85.0 Å². The summed E-state index contributed by atoms with van der Waals surface area (Å²) >= 11 is 0. The summed E-state index contributed by atoms with van der Waals surface area (Å²) in [6, 6.07) is 6.35. The number of carbonyl (C=O) groups is 3. The van der Waals surface area contributed by atoms with Crippen LogP contribution in [0, 0.1) is 5.82 Å². The number of rotatable bonds is 6. The fourth-order valence-corrected chi connectivity index (χ4v) is 5.46. The van der Waals surface area contributed by atoms with E-state index in [9.17, 15) is 44.3 Å². The van der Waals surface area contributed by atoms with E-state index in [1.165, 1.54) is 17.0 Å². The number of hydrogen-bond acceptors (Lipinski definition) is 12. The summed E-state index contributed by atoms with van der Waals surface area (Å²) in [5.41, 5.74) is 0.0145. The average Bonchev–Trinajstić information content (AvgIpc) is 3.18. The first-order valence-electron chi connectivity index (χ1n) is 13.7. The van der Waals surface area contributed by atoms with Crippen molar-refractivity contribution in [1.29, 1.82) is 0 Å². The lowest BCUT2D eigenvalue weighted by Crippen LogP contribution is -2.72. The van der Waals surface area contributed by atoms with Gasteiger partial charge in [0.05, 0.1) is 29.9 Å². The highest BCUT2D eigenvalue weighted by molar-refractivity contribution is 6.08. The van der Waals surface area contributed by atoms with Crippen LogP contribution in [0.1, 0.15) is 60.7 Å². The summed E-state index contributed by atoms with van der Waals surface area (Å²) in [5.74, 6) is -10.3. The molecular weight excluding hydrogens is 571 g/mol. The molecule has 2 atom stereocenters. The molecule has 0 aromatic heterocycles. The summed E-state index contributed by atoms with van der Waals surface area (Å²) < 4.78 is 25.5. The molecule has 2 unspecified atom stereocenters. The van der Waals surface area contributed by atoms with E-state index in [1.54, 1.807) is 0 Å². The number of ether oxygens (including phenoxy) is 2. The second-order valence-electron chi connectivity index (χ2n) is 10.3. The molecule has 0 radical (unpaired) electrons. The number of imide groups is 1. The minimum Gasteiger partial charge on any atom is -0.435 e. The number of carbonyl (C=O) groups excluding carboxylic acids is 3. The molecule has 15 heteroatoms. The number of amides is 3. The second kappa shape index (κ2) is 11.5. The van der Waals surface area contributed by atoms with Gasteiger partial charge in [-0.25, -0.2) is 9.29 Å². The Hall–Kier alpha value is -3.54. The minimum absolute atomic E-state index is 0.129. The van der Waals surface area contributed by atoms with Crippen molar-refractivity contribution in [1.82, 2.24) is 15.1 Å². The van der Waals surface area contributed by atoms with Gasteiger partial charge in [0.2, 0.25) is 5.91 Å². The van der Waals surface area contributed by atoms with Crippen LogP contribution in [0.15, 0.2) is 36.4 Å². The molecule has 14 nitrogen and oxygen atoms in total. The van der Waals surface area contributed by atoms with E-state index in [0.717, 1.165) is 31.2 Å². The average molecular weight is 607 g/mol. The Morgan fingerprint density at radius 3 is 2.35 bits per heavy atom. The molecule has 43 heavy (non-hydrogen) atoms. The monoisotopic (exact) mass is 606 g/mol. The smallest absolute Gasteiger partial charge is 0.354 e. The van der Waals surface area contributed by atoms with Crippen LogP contribution in [-0.2, 0) is 31.9 Å². The van der Waals surface area contributed by atoms with E-state index in [0.29, 0.717) is 4.90 Å². The van der Waals surface area contributed by atoms with E-state index in [-0.39, 0.29) is 55.8 Å². The Kier molecular flexibility index (Phi) is 8.67. The van der Waals surface area contributed by atoms with Gasteiger partial charge in [-0.1, -0.05) is 19.9 Å². The number of halogens is 1. The van der Waals surface area contributed by atoms with Gasteiger partial charge < -0.3 is 40.7 Å². The molecule has 0 saturated carbocycles. The summed E-state index contributed by atoms with van der Waals surface area (Å²) in [6.45, 7) is 5.80. The van der Waals surface area contributed by atoms with Crippen LogP contribution in [0.4, 0.5) is 4.39 Å². The zero-order valence-electron chi connectivity index (χ0n) is 23.8. The van der Waals surface area contributed by atoms with E-state index in [1.807, 2.05) is 19.2 Å². The van der Waals surface area contributed by atoms with Crippen molar-refractivity contribution < 1.29 is 53.8 Å². The number of nitrogens with two attached hydrogens (primary N) is 1. The van der Waals surface area contributed by atoms with Crippen molar-refractivity contribution in [2.24, 2.45) is 5.73 Å². The van der Waals surface area contributed by atoms with Crippen molar-refractivity contribution in [2.45, 2.75) is 56.9 Å². The molecule has 2 saturated heterocycles. The summed E-state index contributed by atoms with van der Waals surface area (Å²) in [6.07, 6.45) is -0.519. The Balaban J connectivity index is 0.00000207. The third-order valence-corrected chi connectivity index (χ3v) is 7.56. The number of nitrogens with zero attached hydrogens (tertiary/aromatic N) is 2. The van der Waals surface area contributed by atoms with Gasteiger partial charge in [0.1, 0.15) is 11.6 Å². The molecule has 0 spiro atoms. The molecule has 234 valence electrons. The van der Waals surface area contributed by atoms with Crippen LogP contribution >= 0.6 is 0 Å². The van der Waals surface area contributed by atoms with Gasteiger partial charge >= 0.3 is 5.97 Å². The summed E-state index contributed by atoms with van der Waals surface area (Å²) in [4.78, 5) is 39.7. The molecule has 3 aliphatic heterocycles. The van der Waals surface area contributed by atoms with E-state index in [2.05, 4.69) is 0 Å². The number of nitrogens with one attached hydrogen (secondary N) is 1. The predicted octanol–water partition coefficient (Wildman–Crippen LogP) is -0.835. The number of piperidine rings is 1. The van der Waals surface area contributed by atoms with Crippen LogP contribution in [0.5, 0.6) is 5.75 Å². The van der Waals surface area contributed by atoms with E-state index < -0.39 is 58.1 Å². The zero-order chi connectivity index (χ0) is 32.0. The van der Waals surface area contributed by atoms with Crippen molar-refractivity contribution in [3.63, 3.8) is 0 Å². The van der Waals surface area contributed by atoms with E-state index in [4.69, 9.17) is 15.2 Å². The highest BCUT2D eigenvalue weighted by atomic mass is 19.1. The Morgan fingerprint density at radius 2 is 1.72 bits per heavy atom. The van der Waals surface area contributed by atoms with Crippen LogP contribution in [0.3, 0.4) is 0 Å². The molecule has 0 bridgehead atoms. The third kappa shape index (κ3) is 5.49. The lowest BCUT2D eigenvalue weighted by Gasteiger charge is -2.45. The lowest BCUT2D eigenvalue weighted by atomic mass is 9.94. The van der Waals surface area contributed by atoms with Gasteiger partial charge in [0.15, 0.2) is 11.4 Å². The normalized spacial score (nSPS) is 24.7. The topological polar surface area (TPSA) is 215 Å². The molecule has 3 amide bonds. The Morgan fingerprint density at radius 1 is 1.07 bits per heavy atom. The maximum Gasteiger partial charge on any atom is 0.354 e. The number of aliphatic hydroxyl groups is 5. The number of hydrogen-bond donors (Lipinski definition) is 7. The number of benzene rings is 2. The van der Waals surface area contributed by atoms with Crippen LogP contribution in [0.25, 0.3) is 0 Å². The minimum atomic E-state index is -3.46. The first-order chi connectivity index (χ1) is 20.1. The summed E-state index contributed by atoms with van der Waals surface area (Å²) in [7, 11) is 0. The molecule has 2 fully saturated rings. The summed E-state index contributed by atoms with van der Waals surface area (Å²) in [5, 5.41) is 57.0. The molecule has 2 aromatic carbocycles. The van der Waals surface area contributed by atoms with Gasteiger partial charge in [0.25, 0.3) is 17.7 Å². The van der Waals surface area contributed by atoms with Gasteiger partial charge in [0, 0.05) is 31.5 Å². The maximum atomic E-state index is 14.9. The fraction of sp³-hybridized carbons (Fsp3) is 0.464. The standard InChI is InChI=1S/C26H29FN4O10.C2H6/c1-23(35)20-15(21(33)31(23)24(28)8-7-19(32)29-22(24)34)3-2-4-18(20)41-26(38,39)16-13-14(5-6-17(16)27)25(36,37)30-9-11-40-12-10-30;1-2/h2-6,13,35-39H,7-12,28H2,1H3,(H,29,32,34);1-2H3. The van der Waals surface area contributed by atoms with Gasteiger partial charge in [-0.15, -0.1) is 0 Å². The SMILES string of the molecule is CC.CC1(O)c2c(OC(O)(O)c3cc(C(O)(O)N4CCOCC4)ccc3F)cccc2C(=O)N1C1(N)CCC(=O)NC1=O. The second-order valence-corrected chi connectivity index (χ2v) is 10.3. The predicted molar refractivity (Wildman–Crippen MR) is 144 cm³/mol. The van der Waals surface area contributed by atoms with Crippen molar-refractivity contribution in [2.75, 3.05) is 26.3 Å². The van der Waals surface area contributed by atoms with Crippen molar-refractivity contribution in [3.05, 3.63) is 64.5 Å². The molecule has 8 N–H and O–H groups in total. The first kappa shape index (κ1) is 32.4. The fourth-order valence-electron chi connectivity index (χ4n) is 5.46. The van der Waals surface area contributed by atoms with E-state index >= 15 is 0 Å². The lowest BCUT2D eigenvalue weighted by molar-refractivity contribution is -0.307. The van der Waals surface area contributed by atoms with Crippen LogP contribution in [0.2, 0.25) is 0 Å². The van der Waals surface area contributed by atoms with Gasteiger partial charge in [-0.2, -0.15) is 0 Å². The Bertz CT molecular complexity index is 1430. The highest BCUT2D eigenvalue weighted by Gasteiger charge is 2.59.